The zero-order valence-electron chi connectivity index (χ0n) is 11.4. The van der Waals surface area contributed by atoms with E-state index in [-0.39, 0.29) is 22.9 Å². The van der Waals surface area contributed by atoms with E-state index >= 15 is 0 Å². The first-order valence-corrected chi connectivity index (χ1v) is 7.71. The molecule has 18 heavy (non-hydrogen) atoms. The van der Waals surface area contributed by atoms with Crippen molar-refractivity contribution in [1.29, 1.82) is 5.26 Å². The molecule has 2 aliphatic rings. The second kappa shape index (κ2) is 4.77. The van der Waals surface area contributed by atoms with Crippen LogP contribution in [0.15, 0.2) is 0 Å². The maximum absolute atomic E-state index is 11.8. The van der Waals surface area contributed by atoms with Gasteiger partial charge in [0.05, 0.1) is 17.6 Å². The second-order valence-electron chi connectivity index (χ2n) is 6.24. The van der Waals surface area contributed by atoms with E-state index in [1.807, 2.05) is 6.07 Å². The van der Waals surface area contributed by atoms with Gasteiger partial charge in [0, 0.05) is 5.41 Å². The van der Waals surface area contributed by atoms with Crippen LogP contribution >= 0.6 is 11.8 Å². The molecular formula is C14H21NO2S. The maximum Gasteiger partial charge on any atom is 0.316 e. The number of fused-ring (bicyclic) bond motifs is 2. The molecule has 2 rings (SSSR count). The van der Waals surface area contributed by atoms with Gasteiger partial charge < -0.3 is 4.74 Å². The van der Waals surface area contributed by atoms with Gasteiger partial charge in [0.25, 0.3) is 0 Å². The smallest absolute Gasteiger partial charge is 0.316 e. The van der Waals surface area contributed by atoms with Crippen LogP contribution in [0.5, 0.6) is 0 Å². The standard InChI is InChI=1S/C14H21NO2S/c1-13(2)10-4-5-14(13,3)11(8-10)17-12(16)9-18-7-6-15/h10-11H,4-5,7-9H2,1-3H3. The Hall–Kier alpha value is -0.690. The first kappa shape index (κ1) is 13.7. The minimum Gasteiger partial charge on any atom is -0.461 e. The normalized spacial score (nSPS) is 36.3. The van der Waals surface area contributed by atoms with E-state index in [2.05, 4.69) is 20.8 Å². The molecule has 0 spiro atoms. The number of hydrogen-bond donors (Lipinski definition) is 0. The van der Waals surface area contributed by atoms with Crippen LogP contribution in [0, 0.1) is 28.1 Å². The molecule has 0 saturated heterocycles. The number of carbonyl (C=O) groups is 1. The Morgan fingerprint density at radius 3 is 2.72 bits per heavy atom. The molecule has 2 bridgehead atoms. The van der Waals surface area contributed by atoms with Crippen LogP contribution in [0.25, 0.3) is 0 Å². The van der Waals surface area contributed by atoms with Crippen LogP contribution in [0.2, 0.25) is 0 Å². The van der Waals surface area contributed by atoms with E-state index in [1.165, 1.54) is 18.2 Å². The number of thioether (sulfide) groups is 1. The zero-order chi connectivity index (χ0) is 13.4. The van der Waals surface area contributed by atoms with E-state index < -0.39 is 0 Å². The molecule has 3 atom stereocenters. The fraction of sp³-hybridized carbons (Fsp3) is 0.857. The summed E-state index contributed by atoms with van der Waals surface area (Å²) in [7, 11) is 0. The SMILES string of the molecule is CC1(C)C2CCC1(C)C(OC(=O)CSCC#N)C2. The number of nitrogens with zero attached hydrogens (tertiary/aromatic N) is 1. The summed E-state index contributed by atoms with van der Waals surface area (Å²) in [6.45, 7) is 6.88. The Kier molecular flexibility index (Phi) is 3.64. The van der Waals surface area contributed by atoms with Crippen molar-refractivity contribution in [2.45, 2.75) is 46.1 Å². The highest BCUT2D eigenvalue weighted by Gasteiger charge is 2.62. The highest BCUT2D eigenvalue weighted by Crippen LogP contribution is 2.66. The van der Waals surface area contributed by atoms with Crippen molar-refractivity contribution in [2.24, 2.45) is 16.7 Å². The third-order valence-corrected chi connectivity index (χ3v) is 6.15. The van der Waals surface area contributed by atoms with Crippen LogP contribution in [-0.2, 0) is 9.53 Å². The van der Waals surface area contributed by atoms with Crippen molar-refractivity contribution in [1.82, 2.24) is 0 Å². The Balaban J connectivity index is 1.93. The summed E-state index contributed by atoms with van der Waals surface area (Å²) in [5, 5.41) is 8.44. The van der Waals surface area contributed by atoms with Crippen LogP contribution in [0.4, 0.5) is 0 Å². The number of ether oxygens (including phenoxy) is 1. The summed E-state index contributed by atoms with van der Waals surface area (Å²) in [4.78, 5) is 11.8. The Bertz CT molecular complexity index is 388. The number of esters is 1. The molecule has 0 N–H and O–H groups in total. The van der Waals surface area contributed by atoms with Crippen LogP contribution in [-0.4, -0.2) is 23.6 Å². The molecule has 3 unspecified atom stereocenters. The molecule has 0 aromatic heterocycles. The first-order valence-electron chi connectivity index (χ1n) is 6.56. The van der Waals surface area contributed by atoms with E-state index in [1.54, 1.807) is 0 Å². The van der Waals surface area contributed by atoms with Crippen molar-refractivity contribution >= 4 is 17.7 Å². The Morgan fingerprint density at radius 2 is 2.22 bits per heavy atom. The van der Waals surface area contributed by atoms with Gasteiger partial charge in [-0.3, -0.25) is 4.79 Å². The predicted octanol–water partition coefficient (Wildman–Crippen LogP) is 3.00. The predicted molar refractivity (Wildman–Crippen MR) is 72.0 cm³/mol. The third-order valence-electron chi connectivity index (χ3n) is 5.37. The van der Waals surface area contributed by atoms with Crippen LogP contribution in [0.1, 0.15) is 40.0 Å². The fourth-order valence-electron chi connectivity index (χ4n) is 3.68. The molecule has 2 saturated carbocycles. The molecule has 4 heteroatoms. The molecule has 0 aliphatic heterocycles. The zero-order valence-corrected chi connectivity index (χ0v) is 12.2. The van der Waals surface area contributed by atoms with Gasteiger partial charge in [-0.1, -0.05) is 20.8 Å². The highest BCUT2D eigenvalue weighted by atomic mass is 32.2. The van der Waals surface area contributed by atoms with Crippen molar-refractivity contribution in [3.05, 3.63) is 0 Å². The maximum atomic E-state index is 11.8. The fourth-order valence-corrected chi connectivity index (χ4v) is 4.11. The largest absolute Gasteiger partial charge is 0.461 e. The Morgan fingerprint density at radius 1 is 1.50 bits per heavy atom. The van der Waals surface area contributed by atoms with Gasteiger partial charge in [0.2, 0.25) is 0 Å². The molecule has 2 aliphatic carbocycles. The van der Waals surface area contributed by atoms with Gasteiger partial charge >= 0.3 is 5.97 Å². The molecule has 0 radical (unpaired) electrons. The van der Waals surface area contributed by atoms with Gasteiger partial charge in [-0.15, -0.1) is 11.8 Å². The van der Waals surface area contributed by atoms with Crippen molar-refractivity contribution in [3.8, 4) is 6.07 Å². The molecule has 0 aromatic rings. The van der Waals surface area contributed by atoms with Gasteiger partial charge in [-0.2, -0.15) is 5.26 Å². The molecular weight excluding hydrogens is 246 g/mol. The topological polar surface area (TPSA) is 50.1 Å². The molecule has 0 aromatic carbocycles. The molecule has 3 nitrogen and oxygen atoms in total. The van der Waals surface area contributed by atoms with Gasteiger partial charge in [-0.05, 0) is 30.6 Å². The van der Waals surface area contributed by atoms with Crippen LogP contribution < -0.4 is 0 Å². The summed E-state index contributed by atoms with van der Waals surface area (Å²) in [5.74, 6) is 1.17. The lowest BCUT2D eigenvalue weighted by Crippen LogP contribution is -2.38. The highest BCUT2D eigenvalue weighted by molar-refractivity contribution is 8.00. The Labute approximate surface area is 113 Å². The molecule has 0 heterocycles. The third kappa shape index (κ3) is 2.03. The lowest BCUT2D eigenvalue weighted by molar-refractivity contribution is -0.153. The van der Waals surface area contributed by atoms with E-state index in [0.29, 0.717) is 17.4 Å². The minimum atomic E-state index is -0.162. The monoisotopic (exact) mass is 267 g/mol. The second-order valence-corrected chi connectivity index (χ2v) is 7.23. The summed E-state index contributed by atoms with van der Waals surface area (Å²) in [5.41, 5.74) is 0.408. The average Bonchev–Trinajstić information content (AvgIpc) is 2.62. The van der Waals surface area contributed by atoms with Gasteiger partial charge in [-0.25, -0.2) is 0 Å². The molecule has 100 valence electrons. The first-order chi connectivity index (χ1) is 8.41. The molecule has 2 fully saturated rings. The van der Waals surface area contributed by atoms with Crippen molar-refractivity contribution < 1.29 is 9.53 Å². The lowest BCUT2D eigenvalue weighted by atomic mass is 9.70. The van der Waals surface area contributed by atoms with Gasteiger partial charge in [0.1, 0.15) is 6.10 Å². The lowest BCUT2D eigenvalue weighted by Gasteiger charge is -2.38. The number of carbonyl (C=O) groups excluding carboxylic acids is 1. The summed E-state index contributed by atoms with van der Waals surface area (Å²) < 4.78 is 5.66. The summed E-state index contributed by atoms with van der Waals surface area (Å²) in [6, 6.07) is 2.02. The number of nitriles is 1. The average molecular weight is 267 g/mol. The minimum absolute atomic E-state index is 0.0708. The quantitative estimate of drug-likeness (QED) is 0.580. The van der Waals surface area contributed by atoms with E-state index in [0.717, 1.165) is 12.8 Å². The molecule has 0 amide bonds. The van der Waals surface area contributed by atoms with E-state index in [4.69, 9.17) is 10.00 Å². The van der Waals surface area contributed by atoms with Crippen molar-refractivity contribution in [3.63, 3.8) is 0 Å². The van der Waals surface area contributed by atoms with Crippen molar-refractivity contribution in [2.75, 3.05) is 11.5 Å². The van der Waals surface area contributed by atoms with Gasteiger partial charge in [0.15, 0.2) is 0 Å². The number of rotatable bonds is 4. The van der Waals surface area contributed by atoms with Crippen LogP contribution in [0.3, 0.4) is 0 Å². The van der Waals surface area contributed by atoms with E-state index in [9.17, 15) is 4.79 Å². The number of hydrogen-bond acceptors (Lipinski definition) is 4. The summed E-state index contributed by atoms with van der Waals surface area (Å²) in [6.07, 6.45) is 3.51. The summed E-state index contributed by atoms with van der Waals surface area (Å²) >= 11 is 1.33.